The second kappa shape index (κ2) is 14.6. The maximum Gasteiger partial charge on any atom is 0.0552 e. The van der Waals surface area contributed by atoms with Crippen LogP contribution in [0.4, 0.5) is 0 Å². The topological polar surface area (TPSA) is 0 Å². The molecule has 0 aliphatic heterocycles. The molecule has 0 saturated carbocycles. The molecule has 0 heterocycles. The molecule has 0 bridgehead atoms. The first-order valence-corrected chi connectivity index (χ1v) is 9.76. The Morgan fingerprint density at radius 2 is 1.00 bits per heavy atom. The highest BCUT2D eigenvalue weighted by Gasteiger charge is 2.16. The fourth-order valence-corrected chi connectivity index (χ4v) is 2.87. The summed E-state index contributed by atoms with van der Waals surface area (Å²) >= 11 is 9.00. The van der Waals surface area contributed by atoms with Gasteiger partial charge in [-0.15, -0.1) is 0 Å². The lowest BCUT2D eigenvalue weighted by Gasteiger charge is -2.19. The molecular weight excluding hydrogens is 280 g/mol. The predicted molar refractivity (Wildman–Crippen MR) is 101 cm³/mol. The highest BCUT2D eigenvalue weighted by molar-refractivity contribution is 8.00. The van der Waals surface area contributed by atoms with Crippen molar-refractivity contribution in [3.05, 3.63) is 6.92 Å². The van der Waals surface area contributed by atoms with Gasteiger partial charge in [0.2, 0.25) is 0 Å². The van der Waals surface area contributed by atoms with Gasteiger partial charge in [-0.3, -0.25) is 0 Å². The first kappa shape index (κ1) is 20.7. The quantitative estimate of drug-likeness (QED) is 0.177. The molecule has 0 aliphatic rings. The molecule has 20 heavy (non-hydrogen) atoms. The van der Waals surface area contributed by atoms with Gasteiger partial charge in [0.15, 0.2) is 0 Å². The normalized spacial score (nSPS) is 12.0. The van der Waals surface area contributed by atoms with E-state index < -0.39 is 0 Å². The van der Waals surface area contributed by atoms with E-state index in [1.165, 1.54) is 83.5 Å². The summed E-state index contributed by atoms with van der Waals surface area (Å²) in [5, 5.41) is 0. The summed E-state index contributed by atoms with van der Waals surface area (Å²) in [6.45, 7) is 6.17. The summed E-state index contributed by atoms with van der Waals surface area (Å²) < 4.78 is -0.141. The smallest absolute Gasteiger partial charge is 0.0552 e. The molecule has 0 aromatic heterocycles. The zero-order chi connectivity index (χ0) is 15.1. The van der Waals surface area contributed by atoms with Crippen molar-refractivity contribution < 1.29 is 0 Å². The van der Waals surface area contributed by atoms with Crippen LogP contribution in [0.15, 0.2) is 0 Å². The third-order valence-electron chi connectivity index (χ3n) is 4.08. The van der Waals surface area contributed by atoms with E-state index in [1.807, 2.05) is 0 Å². The summed E-state index contributed by atoms with van der Waals surface area (Å²) in [6, 6.07) is 0. The highest BCUT2D eigenvalue weighted by Crippen LogP contribution is 2.30. The number of hydrogen-bond acceptors (Lipinski definition) is 2. The van der Waals surface area contributed by atoms with Gasteiger partial charge in [0.1, 0.15) is 0 Å². The largest absolute Gasteiger partial charge is 0.162 e. The number of rotatable bonds is 15. The predicted octanol–water partition coefficient (Wildman–Crippen LogP) is 7.25. The summed E-state index contributed by atoms with van der Waals surface area (Å²) in [7, 11) is 0. The standard InChI is InChI=1S/C18H37S2/c1-3-5-6-7-8-9-10-11-12-13-14-15-16-17-18(19,20)4-2/h19-20H,2-17H2,1H3. The summed E-state index contributed by atoms with van der Waals surface area (Å²) in [5.74, 6) is 0. The van der Waals surface area contributed by atoms with Crippen molar-refractivity contribution in [3.63, 3.8) is 0 Å². The van der Waals surface area contributed by atoms with Gasteiger partial charge in [-0.25, -0.2) is 0 Å². The molecule has 0 N–H and O–H groups in total. The molecule has 0 aliphatic carbocycles. The molecule has 0 unspecified atom stereocenters. The van der Waals surface area contributed by atoms with Crippen LogP contribution in [0.5, 0.6) is 0 Å². The van der Waals surface area contributed by atoms with Gasteiger partial charge in [-0.1, -0.05) is 97.3 Å². The van der Waals surface area contributed by atoms with Crippen molar-refractivity contribution in [2.24, 2.45) is 0 Å². The maximum absolute atomic E-state index is 4.50. The van der Waals surface area contributed by atoms with E-state index in [4.69, 9.17) is 0 Å². The Hall–Kier alpha value is 0.700. The van der Waals surface area contributed by atoms with Crippen LogP contribution in [0.1, 0.15) is 103 Å². The van der Waals surface area contributed by atoms with Gasteiger partial charge in [0.25, 0.3) is 0 Å². The van der Waals surface area contributed by atoms with E-state index in [2.05, 4.69) is 39.1 Å². The van der Waals surface area contributed by atoms with Crippen LogP contribution in [-0.2, 0) is 0 Å². The van der Waals surface area contributed by atoms with E-state index in [9.17, 15) is 0 Å². The lowest BCUT2D eigenvalue weighted by molar-refractivity contribution is 0.531. The fourth-order valence-electron chi connectivity index (χ4n) is 2.55. The molecule has 121 valence electrons. The summed E-state index contributed by atoms with van der Waals surface area (Å²) in [4.78, 5) is 0. The van der Waals surface area contributed by atoms with Crippen molar-refractivity contribution >= 4 is 25.3 Å². The van der Waals surface area contributed by atoms with Crippen LogP contribution >= 0.6 is 25.3 Å². The molecule has 0 amide bonds. The number of thiol groups is 2. The van der Waals surface area contributed by atoms with Crippen molar-refractivity contribution in [1.29, 1.82) is 0 Å². The zero-order valence-electron chi connectivity index (χ0n) is 13.7. The van der Waals surface area contributed by atoms with Gasteiger partial charge in [0.05, 0.1) is 4.08 Å². The molecular formula is C18H37S2. The van der Waals surface area contributed by atoms with Gasteiger partial charge in [-0.2, -0.15) is 25.3 Å². The van der Waals surface area contributed by atoms with Crippen LogP contribution in [0.25, 0.3) is 0 Å². The van der Waals surface area contributed by atoms with Crippen molar-refractivity contribution in [1.82, 2.24) is 0 Å². The average Bonchev–Trinajstić information content (AvgIpc) is 2.44. The monoisotopic (exact) mass is 317 g/mol. The number of hydrogen-bond donors (Lipinski definition) is 2. The molecule has 2 heteroatoms. The Labute approximate surface area is 139 Å². The van der Waals surface area contributed by atoms with Crippen LogP contribution < -0.4 is 0 Å². The molecule has 1 radical (unpaired) electrons. The zero-order valence-corrected chi connectivity index (χ0v) is 15.5. The van der Waals surface area contributed by atoms with E-state index in [0.717, 1.165) is 12.8 Å². The first-order valence-electron chi connectivity index (χ1n) is 8.86. The third kappa shape index (κ3) is 15.1. The van der Waals surface area contributed by atoms with Crippen LogP contribution in [0.3, 0.4) is 0 Å². The minimum atomic E-state index is -0.141. The molecule has 0 nitrogen and oxygen atoms in total. The van der Waals surface area contributed by atoms with E-state index in [1.54, 1.807) is 0 Å². The lowest BCUT2D eigenvalue weighted by atomic mass is 10.0. The van der Waals surface area contributed by atoms with Gasteiger partial charge in [0, 0.05) is 0 Å². The maximum atomic E-state index is 4.50. The Morgan fingerprint density at radius 1 is 0.650 bits per heavy atom. The summed E-state index contributed by atoms with van der Waals surface area (Å²) in [6.07, 6.45) is 20.2. The highest BCUT2D eigenvalue weighted by atomic mass is 32.2. The van der Waals surface area contributed by atoms with Crippen LogP contribution in [-0.4, -0.2) is 4.08 Å². The first-order chi connectivity index (χ1) is 9.62. The Morgan fingerprint density at radius 3 is 1.35 bits per heavy atom. The Kier molecular flexibility index (Phi) is 15.1. The summed E-state index contributed by atoms with van der Waals surface area (Å²) in [5.41, 5.74) is 0. The minimum absolute atomic E-state index is 0.141. The van der Waals surface area contributed by atoms with E-state index >= 15 is 0 Å². The Bertz CT molecular complexity index is 190. The minimum Gasteiger partial charge on any atom is -0.162 e. The molecule has 0 spiro atoms. The van der Waals surface area contributed by atoms with E-state index in [-0.39, 0.29) is 4.08 Å². The molecule has 0 aromatic carbocycles. The number of unbranched alkanes of at least 4 members (excludes halogenated alkanes) is 12. The van der Waals surface area contributed by atoms with Crippen LogP contribution in [0.2, 0.25) is 0 Å². The SMILES string of the molecule is [CH2]CC(S)(S)CCCCCCCCCCCCCCC. The van der Waals surface area contributed by atoms with Crippen molar-refractivity contribution in [2.75, 3.05) is 0 Å². The van der Waals surface area contributed by atoms with Gasteiger partial charge >= 0.3 is 0 Å². The third-order valence-corrected chi connectivity index (χ3v) is 4.98. The van der Waals surface area contributed by atoms with E-state index in [0.29, 0.717) is 0 Å². The molecule has 0 fully saturated rings. The Balaban J connectivity index is 3.06. The van der Waals surface area contributed by atoms with Crippen molar-refractivity contribution in [2.45, 2.75) is 107 Å². The lowest BCUT2D eigenvalue weighted by Crippen LogP contribution is -2.10. The fraction of sp³-hybridized carbons (Fsp3) is 0.944. The second-order valence-electron chi connectivity index (χ2n) is 6.23. The van der Waals surface area contributed by atoms with Gasteiger partial charge in [-0.05, 0) is 12.8 Å². The molecule has 0 atom stereocenters. The van der Waals surface area contributed by atoms with Gasteiger partial charge < -0.3 is 0 Å². The molecule has 0 aromatic rings. The molecule has 0 saturated heterocycles. The van der Waals surface area contributed by atoms with Crippen LogP contribution in [0, 0.1) is 6.92 Å². The van der Waals surface area contributed by atoms with Crippen molar-refractivity contribution in [3.8, 4) is 0 Å². The average molecular weight is 318 g/mol. The second-order valence-corrected chi connectivity index (χ2v) is 8.29. The molecule has 0 rings (SSSR count).